The van der Waals surface area contributed by atoms with Crippen LogP contribution in [0.5, 0.6) is 5.75 Å². The van der Waals surface area contributed by atoms with Crippen LogP contribution in [0.25, 0.3) is 0 Å². The van der Waals surface area contributed by atoms with Crippen LogP contribution < -0.4 is 10.2 Å². The quantitative estimate of drug-likeness (QED) is 0.205. The van der Waals surface area contributed by atoms with E-state index in [4.69, 9.17) is 4.74 Å². The van der Waals surface area contributed by atoms with Gasteiger partial charge in [0.1, 0.15) is 5.75 Å². The minimum atomic E-state index is -6.48. The van der Waals surface area contributed by atoms with Crippen molar-refractivity contribution in [2.45, 2.75) is 25.1 Å². The third-order valence-corrected chi connectivity index (χ3v) is 3.27. The summed E-state index contributed by atoms with van der Waals surface area (Å²) in [6.45, 7) is 1.09. The van der Waals surface area contributed by atoms with Gasteiger partial charge in [-0.3, -0.25) is 0 Å². The predicted octanol–water partition coefficient (Wildman–Crippen LogP) is 4.10. The van der Waals surface area contributed by atoms with Gasteiger partial charge in [0.2, 0.25) is 0 Å². The monoisotopic (exact) mass is 468 g/mol. The maximum atomic E-state index is 13.1. The Balaban J connectivity index is 2.94. The lowest BCUT2D eigenvalue weighted by molar-refractivity contribution is -0.361. The first kappa shape index (κ1) is 23.0. The molecule has 0 heterocycles. The molecule has 0 atom stereocenters. The first-order chi connectivity index (χ1) is 12.3. The van der Waals surface area contributed by atoms with Crippen LogP contribution in [0.2, 0.25) is 0 Å². The van der Waals surface area contributed by atoms with E-state index in [0.717, 1.165) is 0 Å². The highest BCUT2D eigenvalue weighted by atomic mass is 79.9. The first-order valence-corrected chi connectivity index (χ1v) is 7.81. The number of esters is 1. The van der Waals surface area contributed by atoms with Crippen LogP contribution in [-0.4, -0.2) is 43.5 Å². The van der Waals surface area contributed by atoms with Crippen LogP contribution in [0.15, 0.2) is 27.8 Å². The molecule has 0 aliphatic carbocycles. The minimum Gasteiger partial charge on any atom is -0.481 e. The van der Waals surface area contributed by atoms with E-state index in [1.807, 2.05) is 0 Å². The van der Waals surface area contributed by atoms with Crippen molar-refractivity contribution in [2.24, 2.45) is 5.10 Å². The zero-order valence-electron chi connectivity index (χ0n) is 13.4. The van der Waals surface area contributed by atoms with Crippen molar-refractivity contribution in [1.82, 2.24) is 5.43 Å². The average Bonchev–Trinajstić information content (AvgIpc) is 2.53. The molecule has 0 spiro atoms. The fourth-order valence-corrected chi connectivity index (χ4v) is 1.90. The van der Waals surface area contributed by atoms with E-state index < -0.39 is 30.7 Å². The van der Waals surface area contributed by atoms with E-state index >= 15 is 0 Å². The predicted molar refractivity (Wildman–Crippen MR) is 82.9 cm³/mol. The SMILES string of the molecule is CCOC(=O)COc1ccc(Br)cc1/C=N\NC(F)(F)C(F)(F)C(F)(F)F. The summed E-state index contributed by atoms with van der Waals surface area (Å²) < 4.78 is 98.0. The van der Waals surface area contributed by atoms with Crippen LogP contribution >= 0.6 is 15.9 Å². The number of hydrogen-bond donors (Lipinski definition) is 1. The summed E-state index contributed by atoms with van der Waals surface area (Å²) in [5.74, 6) is -7.17. The molecule has 13 heteroatoms. The van der Waals surface area contributed by atoms with Crippen LogP contribution in [0.1, 0.15) is 12.5 Å². The molecule has 1 N–H and O–H groups in total. The highest BCUT2D eigenvalue weighted by Crippen LogP contribution is 2.45. The van der Waals surface area contributed by atoms with Crippen molar-refractivity contribution in [3.63, 3.8) is 0 Å². The summed E-state index contributed by atoms with van der Waals surface area (Å²) in [7, 11) is 0. The maximum Gasteiger partial charge on any atom is 0.462 e. The van der Waals surface area contributed by atoms with Crippen molar-refractivity contribution in [1.29, 1.82) is 0 Å². The average molecular weight is 469 g/mol. The number of rotatable bonds is 8. The Kier molecular flexibility index (Phi) is 7.46. The molecule has 0 amide bonds. The van der Waals surface area contributed by atoms with Gasteiger partial charge in [0.25, 0.3) is 0 Å². The summed E-state index contributed by atoms with van der Waals surface area (Å²) in [6, 6.07) is -1.73. The molecule has 0 saturated carbocycles. The van der Waals surface area contributed by atoms with Crippen LogP contribution in [0.3, 0.4) is 0 Å². The molecule has 1 aromatic carbocycles. The fraction of sp³-hybridized carbons (Fsp3) is 0.429. The highest BCUT2D eigenvalue weighted by Gasteiger charge is 2.73. The van der Waals surface area contributed by atoms with Crippen LogP contribution in [0, 0.1) is 0 Å². The molecule has 0 radical (unpaired) electrons. The van der Waals surface area contributed by atoms with Crippen LogP contribution in [-0.2, 0) is 9.53 Å². The van der Waals surface area contributed by atoms with E-state index in [9.17, 15) is 35.5 Å². The van der Waals surface area contributed by atoms with E-state index in [2.05, 4.69) is 25.8 Å². The molecular formula is C14H12BrF7N2O3. The second-order valence-electron chi connectivity index (χ2n) is 4.79. The van der Waals surface area contributed by atoms with Gasteiger partial charge in [-0.15, -0.1) is 0 Å². The van der Waals surface area contributed by atoms with E-state index in [0.29, 0.717) is 16.1 Å². The van der Waals surface area contributed by atoms with Crippen molar-refractivity contribution in [3.8, 4) is 5.75 Å². The molecule has 152 valence electrons. The smallest absolute Gasteiger partial charge is 0.462 e. The molecule has 1 rings (SSSR count). The molecule has 0 saturated heterocycles. The Hall–Kier alpha value is -2.05. The maximum absolute atomic E-state index is 13.1. The van der Waals surface area contributed by atoms with Gasteiger partial charge in [0.15, 0.2) is 6.61 Å². The lowest BCUT2D eigenvalue weighted by Gasteiger charge is -2.27. The molecule has 0 aromatic heterocycles. The zero-order chi connectivity index (χ0) is 20.9. The fourth-order valence-electron chi connectivity index (χ4n) is 1.52. The Morgan fingerprint density at radius 1 is 1.22 bits per heavy atom. The number of carbonyl (C=O) groups is 1. The van der Waals surface area contributed by atoms with E-state index in [1.165, 1.54) is 18.2 Å². The molecule has 0 unspecified atom stereocenters. The van der Waals surface area contributed by atoms with Gasteiger partial charge in [0.05, 0.1) is 12.8 Å². The molecule has 27 heavy (non-hydrogen) atoms. The number of hydrogen-bond acceptors (Lipinski definition) is 5. The number of hydrazone groups is 1. The van der Waals surface area contributed by atoms with Gasteiger partial charge in [0, 0.05) is 10.0 Å². The van der Waals surface area contributed by atoms with Crippen molar-refractivity contribution >= 4 is 28.1 Å². The van der Waals surface area contributed by atoms with Gasteiger partial charge in [-0.2, -0.15) is 35.8 Å². The Morgan fingerprint density at radius 2 is 1.85 bits per heavy atom. The summed E-state index contributed by atoms with van der Waals surface area (Å²) >= 11 is 3.04. The second kappa shape index (κ2) is 8.76. The largest absolute Gasteiger partial charge is 0.481 e. The zero-order valence-corrected chi connectivity index (χ0v) is 15.0. The standard InChI is InChI=1S/C14H12BrF7N2O3/c1-2-26-11(25)7-27-10-4-3-9(15)5-8(10)6-23-24-14(21,22)12(16,17)13(18,19)20/h3-6,24H,2,7H2,1H3/b23-6-. The number of carbonyl (C=O) groups excluding carboxylic acids is 1. The van der Waals surface area contributed by atoms with Crippen molar-refractivity contribution < 1.29 is 45.0 Å². The third kappa shape index (κ3) is 5.97. The Bertz CT molecular complexity index is 696. The molecule has 0 aliphatic heterocycles. The van der Waals surface area contributed by atoms with Gasteiger partial charge in [-0.25, -0.2) is 10.2 Å². The van der Waals surface area contributed by atoms with Gasteiger partial charge in [-0.1, -0.05) is 15.9 Å². The number of halogens is 8. The van der Waals surface area contributed by atoms with Gasteiger partial charge < -0.3 is 9.47 Å². The van der Waals surface area contributed by atoms with Gasteiger partial charge >= 0.3 is 24.1 Å². The van der Waals surface area contributed by atoms with E-state index in [1.54, 1.807) is 6.92 Å². The first-order valence-electron chi connectivity index (χ1n) is 7.02. The normalized spacial score (nSPS) is 12.9. The highest BCUT2D eigenvalue weighted by molar-refractivity contribution is 9.10. The van der Waals surface area contributed by atoms with Crippen molar-refractivity contribution in [2.75, 3.05) is 13.2 Å². The summed E-state index contributed by atoms with van der Waals surface area (Å²) in [5, 5.41) is 2.74. The molecule has 0 bridgehead atoms. The second-order valence-corrected chi connectivity index (χ2v) is 5.71. The summed E-state index contributed by atoms with van der Waals surface area (Å²) in [5.41, 5.74) is 0.399. The van der Waals surface area contributed by atoms with Gasteiger partial charge in [-0.05, 0) is 25.1 Å². The lowest BCUT2D eigenvalue weighted by Crippen LogP contribution is -2.58. The molecule has 5 nitrogen and oxygen atoms in total. The molecule has 0 aliphatic rings. The number of ether oxygens (including phenoxy) is 2. The van der Waals surface area contributed by atoms with E-state index in [-0.39, 0.29) is 17.9 Å². The Labute approximate surface area is 156 Å². The minimum absolute atomic E-state index is 0.0808. The van der Waals surface area contributed by atoms with Crippen molar-refractivity contribution in [3.05, 3.63) is 28.2 Å². The lowest BCUT2D eigenvalue weighted by atomic mass is 10.2. The molecular weight excluding hydrogens is 457 g/mol. The summed E-state index contributed by atoms with van der Waals surface area (Å²) in [4.78, 5) is 11.3. The molecule has 0 fully saturated rings. The summed E-state index contributed by atoms with van der Waals surface area (Å²) in [6.07, 6.45) is -5.95. The number of alkyl halides is 7. The van der Waals surface area contributed by atoms with Crippen LogP contribution in [0.4, 0.5) is 30.7 Å². The topological polar surface area (TPSA) is 59.9 Å². The molecule has 1 aromatic rings. The number of nitrogens with zero attached hydrogens (tertiary/aromatic N) is 1. The number of benzene rings is 1. The third-order valence-electron chi connectivity index (χ3n) is 2.78. The number of nitrogens with one attached hydrogen (secondary N) is 1. The Morgan fingerprint density at radius 3 is 2.41 bits per heavy atom.